The van der Waals surface area contributed by atoms with Gasteiger partial charge in [0.15, 0.2) is 0 Å². The molecule has 1 rings (SSSR count). The van der Waals surface area contributed by atoms with Crippen molar-refractivity contribution < 1.29 is 15.3 Å². The Bertz CT molecular complexity index is 630. The van der Waals surface area contributed by atoms with Crippen LogP contribution in [-0.2, 0) is 6.42 Å². The molecule has 0 heterocycles. The molecular formula is C22H32O3. The van der Waals surface area contributed by atoms with Crippen LogP contribution >= 0.6 is 0 Å². The van der Waals surface area contributed by atoms with Crippen LogP contribution in [-0.4, -0.2) is 21.4 Å². The summed E-state index contributed by atoms with van der Waals surface area (Å²) < 4.78 is 0. The highest BCUT2D eigenvalue weighted by molar-refractivity contribution is 5.45. The highest BCUT2D eigenvalue weighted by Crippen LogP contribution is 2.27. The number of phenols is 2. The number of aromatic hydroxyl groups is 2. The number of aliphatic hydroxyl groups is 1. The lowest BCUT2D eigenvalue weighted by Gasteiger charge is -2.10. The minimum absolute atomic E-state index is 0.0943. The highest BCUT2D eigenvalue weighted by atomic mass is 16.3. The molecule has 3 heteroatoms. The molecule has 0 saturated carbocycles. The predicted molar refractivity (Wildman–Crippen MR) is 105 cm³/mol. The molecule has 0 spiro atoms. The maximum absolute atomic E-state index is 9.95. The second kappa shape index (κ2) is 10.1. The van der Waals surface area contributed by atoms with Gasteiger partial charge in [0.25, 0.3) is 0 Å². The van der Waals surface area contributed by atoms with Gasteiger partial charge in [0, 0.05) is 11.6 Å². The first kappa shape index (κ1) is 21.0. The van der Waals surface area contributed by atoms with Crippen LogP contribution in [0.3, 0.4) is 0 Å². The summed E-state index contributed by atoms with van der Waals surface area (Å²) in [7, 11) is 0. The third-order valence-corrected chi connectivity index (χ3v) is 4.50. The molecule has 1 aromatic rings. The van der Waals surface area contributed by atoms with Gasteiger partial charge in [-0.2, -0.15) is 0 Å². The van der Waals surface area contributed by atoms with Crippen LogP contribution in [0, 0.1) is 6.92 Å². The van der Waals surface area contributed by atoms with E-state index in [4.69, 9.17) is 0 Å². The number of allylic oxidation sites excluding steroid dienone is 4. The molecule has 25 heavy (non-hydrogen) atoms. The first-order valence-corrected chi connectivity index (χ1v) is 8.87. The molecule has 0 bridgehead atoms. The molecule has 0 aromatic heterocycles. The van der Waals surface area contributed by atoms with E-state index in [2.05, 4.69) is 32.6 Å². The van der Waals surface area contributed by atoms with Gasteiger partial charge < -0.3 is 15.3 Å². The Balaban J connectivity index is 2.49. The van der Waals surface area contributed by atoms with Crippen molar-refractivity contribution in [1.82, 2.24) is 0 Å². The summed E-state index contributed by atoms with van der Waals surface area (Å²) in [5, 5.41) is 29.2. The molecule has 0 aliphatic carbocycles. The van der Waals surface area contributed by atoms with Crippen LogP contribution in [0.1, 0.15) is 57.6 Å². The molecule has 3 nitrogen and oxygen atoms in total. The van der Waals surface area contributed by atoms with Gasteiger partial charge in [-0.3, -0.25) is 0 Å². The Kier molecular flexibility index (Phi) is 8.50. The minimum Gasteiger partial charge on any atom is -0.508 e. The van der Waals surface area contributed by atoms with Crippen LogP contribution in [0.2, 0.25) is 0 Å². The molecule has 0 radical (unpaired) electrons. The Hall–Kier alpha value is -2.00. The Morgan fingerprint density at radius 1 is 1.08 bits per heavy atom. The molecule has 0 fully saturated rings. The van der Waals surface area contributed by atoms with Gasteiger partial charge in [-0.1, -0.05) is 35.5 Å². The SMILES string of the molecule is C=C(C)[C@@H](O)CC/C(C)=C/CC/C(C)=C/Cc1c(C)cc(O)cc1O. The van der Waals surface area contributed by atoms with Gasteiger partial charge in [-0.05, 0) is 71.4 Å². The van der Waals surface area contributed by atoms with E-state index in [1.165, 1.54) is 17.2 Å². The van der Waals surface area contributed by atoms with Crippen LogP contribution in [0.5, 0.6) is 11.5 Å². The van der Waals surface area contributed by atoms with Crippen molar-refractivity contribution in [2.75, 3.05) is 0 Å². The molecule has 0 amide bonds. The molecule has 138 valence electrons. The fraction of sp³-hybridized carbons (Fsp3) is 0.455. The van der Waals surface area contributed by atoms with Crippen molar-refractivity contribution >= 4 is 0 Å². The van der Waals surface area contributed by atoms with E-state index < -0.39 is 6.10 Å². The van der Waals surface area contributed by atoms with E-state index in [-0.39, 0.29) is 11.5 Å². The molecule has 0 aliphatic rings. The second-order valence-electron chi connectivity index (χ2n) is 7.00. The zero-order valence-electron chi connectivity index (χ0n) is 16.0. The topological polar surface area (TPSA) is 60.7 Å². The third kappa shape index (κ3) is 7.61. The average molecular weight is 344 g/mol. The molecule has 0 unspecified atom stereocenters. The normalized spacial score (nSPS) is 13.8. The summed E-state index contributed by atoms with van der Waals surface area (Å²) in [4.78, 5) is 0. The van der Waals surface area contributed by atoms with Gasteiger partial charge >= 0.3 is 0 Å². The molecular weight excluding hydrogens is 312 g/mol. The molecule has 0 saturated heterocycles. The van der Waals surface area contributed by atoms with Gasteiger partial charge in [0.05, 0.1) is 6.10 Å². The molecule has 1 atom stereocenters. The lowest BCUT2D eigenvalue weighted by Crippen LogP contribution is -2.06. The predicted octanol–water partition coefficient (Wildman–Crippen LogP) is 5.34. The fourth-order valence-electron chi connectivity index (χ4n) is 2.68. The molecule has 3 N–H and O–H groups in total. The zero-order valence-corrected chi connectivity index (χ0v) is 16.0. The number of rotatable bonds is 9. The van der Waals surface area contributed by atoms with Crippen LogP contribution in [0.4, 0.5) is 0 Å². The number of aryl methyl sites for hydroxylation is 1. The number of aliphatic hydroxyl groups excluding tert-OH is 1. The summed E-state index contributed by atoms with van der Waals surface area (Å²) in [5.41, 5.74) is 5.14. The fourth-order valence-corrected chi connectivity index (χ4v) is 2.68. The van der Waals surface area contributed by atoms with E-state index in [9.17, 15) is 15.3 Å². The zero-order chi connectivity index (χ0) is 19.0. The Morgan fingerprint density at radius 2 is 1.72 bits per heavy atom. The highest BCUT2D eigenvalue weighted by Gasteiger charge is 2.06. The summed E-state index contributed by atoms with van der Waals surface area (Å²) in [6, 6.07) is 3.06. The standard InChI is InChI=1S/C22H32O3/c1-15(2)21(24)12-10-17(4)8-6-7-16(3)9-11-20-18(5)13-19(23)14-22(20)25/h8-9,13-14,21,23-25H,1,6-7,10-12H2,2-5H3/b16-9+,17-8+/t21-/m0/s1. The van der Waals surface area contributed by atoms with E-state index in [1.807, 2.05) is 13.8 Å². The number of phenolic OH excluding ortho intramolecular Hbond substituents is 2. The largest absolute Gasteiger partial charge is 0.508 e. The first-order valence-electron chi connectivity index (χ1n) is 8.87. The summed E-state index contributed by atoms with van der Waals surface area (Å²) in [6.07, 6.45) is 8.17. The number of hydrogen-bond donors (Lipinski definition) is 3. The summed E-state index contributed by atoms with van der Waals surface area (Å²) in [5.74, 6) is 0.241. The smallest absolute Gasteiger partial charge is 0.123 e. The van der Waals surface area contributed by atoms with Crippen molar-refractivity contribution in [2.45, 2.75) is 65.9 Å². The van der Waals surface area contributed by atoms with E-state index >= 15 is 0 Å². The minimum atomic E-state index is -0.411. The van der Waals surface area contributed by atoms with Crippen LogP contribution in [0.25, 0.3) is 0 Å². The summed E-state index contributed by atoms with van der Waals surface area (Å²) >= 11 is 0. The van der Waals surface area contributed by atoms with Crippen molar-refractivity contribution in [2.24, 2.45) is 0 Å². The lowest BCUT2D eigenvalue weighted by atomic mass is 10.0. The van der Waals surface area contributed by atoms with Crippen molar-refractivity contribution in [3.8, 4) is 11.5 Å². The quantitative estimate of drug-likeness (QED) is 0.530. The first-order chi connectivity index (χ1) is 11.7. The average Bonchev–Trinajstić information content (AvgIpc) is 2.51. The van der Waals surface area contributed by atoms with Gasteiger partial charge in [0.2, 0.25) is 0 Å². The van der Waals surface area contributed by atoms with E-state index in [0.29, 0.717) is 6.42 Å². The van der Waals surface area contributed by atoms with Crippen molar-refractivity contribution in [3.63, 3.8) is 0 Å². The Labute approximate surface area is 152 Å². The van der Waals surface area contributed by atoms with Crippen molar-refractivity contribution in [1.29, 1.82) is 0 Å². The van der Waals surface area contributed by atoms with Gasteiger partial charge in [-0.25, -0.2) is 0 Å². The number of hydrogen-bond acceptors (Lipinski definition) is 3. The van der Waals surface area contributed by atoms with Crippen LogP contribution in [0.15, 0.2) is 47.6 Å². The van der Waals surface area contributed by atoms with Gasteiger partial charge in [-0.15, -0.1) is 0 Å². The van der Waals surface area contributed by atoms with Crippen LogP contribution < -0.4 is 0 Å². The van der Waals surface area contributed by atoms with Gasteiger partial charge in [0.1, 0.15) is 11.5 Å². The summed E-state index contributed by atoms with van der Waals surface area (Å²) in [6.45, 7) is 11.7. The second-order valence-corrected chi connectivity index (χ2v) is 7.00. The van der Waals surface area contributed by atoms with Crippen molar-refractivity contribution in [3.05, 3.63) is 58.7 Å². The number of benzene rings is 1. The monoisotopic (exact) mass is 344 g/mol. The molecule has 1 aromatic carbocycles. The lowest BCUT2D eigenvalue weighted by molar-refractivity contribution is 0.201. The molecule has 0 aliphatic heterocycles. The maximum Gasteiger partial charge on any atom is 0.123 e. The van der Waals surface area contributed by atoms with E-state index in [1.54, 1.807) is 6.07 Å². The Morgan fingerprint density at radius 3 is 2.32 bits per heavy atom. The maximum atomic E-state index is 9.95. The third-order valence-electron chi connectivity index (χ3n) is 4.50. The van der Waals surface area contributed by atoms with E-state index in [0.717, 1.165) is 42.4 Å².